The van der Waals surface area contributed by atoms with E-state index in [2.05, 4.69) is 15.9 Å². The van der Waals surface area contributed by atoms with Crippen molar-refractivity contribution < 1.29 is 23.9 Å². The number of thioether (sulfide) groups is 1. The van der Waals surface area contributed by atoms with Crippen LogP contribution in [0.4, 0.5) is 4.79 Å². The summed E-state index contributed by atoms with van der Waals surface area (Å²) in [6.45, 7) is -0.451. The normalized spacial score (nSPS) is 15.2. The maximum absolute atomic E-state index is 12.2. The molecule has 0 radical (unpaired) electrons. The standard InChI is InChI=1S/C19H13BrN2O5S/c20-13-5-3-12(4-6-13)18(25)27-14-7-1-11(2-8-14)9-15-17(24)22(10-16(21)23)19(26)28-15/h1-9H,10H2,(H2,21,23)/b15-9-. The minimum atomic E-state index is -0.763. The highest BCUT2D eigenvalue weighted by Gasteiger charge is 2.35. The number of benzene rings is 2. The minimum absolute atomic E-state index is 0.186. The van der Waals surface area contributed by atoms with Crippen molar-refractivity contribution in [3.05, 3.63) is 69.0 Å². The SMILES string of the molecule is NC(=O)CN1C(=O)S/C(=C\c2ccc(OC(=O)c3ccc(Br)cc3)cc2)C1=O. The molecule has 28 heavy (non-hydrogen) atoms. The zero-order valence-electron chi connectivity index (χ0n) is 14.3. The molecular formula is C19H13BrN2O5S. The number of rotatable bonds is 5. The highest BCUT2D eigenvalue weighted by Crippen LogP contribution is 2.32. The third-order valence-corrected chi connectivity index (χ3v) is 5.09. The van der Waals surface area contributed by atoms with Crippen LogP contribution in [0.2, 0.25) is 0 Å². The highest BCUT2D eigenvalue weighted by atomic mass is 79.9. The number of carbonyl (C=O) groups excluding carboxylic acids is 4. The summed E-state index contributed by atoms with van der Waals surface area (Å²) in [7, 11) is 0. The maximum atomic E-state index is 12.2. The van der Waals surface area contributed by atoms with Crippen LogP contribution in [0.1, 0.15) is 15.9 Å². The van der Waals surface area contributed by atoms with Gasteiger partial charge in [0.25, 0.3) is 11.1 Å². The van der Waals surface area contributed by atoms with Gasteiger partial charge in [0.05, 0.1) is 10.5 Å². The predicted octanol–water partition coefficient (Wildman–Crippen LogP) is 3.19. The van der Waals surface area contributed by atoms with Gasteiger partial charge in [0.2, 0.25) is 5.91 Å². The van der Waals surface area contributed by atoms with Crippen LogP contribution in [-0.2, 0) is 9.59 Å². The van der Waals surface area contributed by atoms with Crippen LogP contribution in [0, 0.1) is 0 Å². The first-order valence-electron chi connectivity index (χ1n) is 7.95. The van der Waals surface area contributed by atoms with Crippen molar-refractivity contribution in [3.8, 4) is 5.75 Å². The predicted molar refractivity (Wildman–Crippen MR) is 107 cm³/mol. The van der Waals surface area contributed by atoms with E-state index in [4.69, 9.17) is 10.5 Å². The number of hydrogen-bond donors (Lipinski definition) is 1. The second-order valence-corrected chi connectivity index (χ2v) is 7.61. The summed E-state index contributed by atoms with van der Waals surface area (Å²) in [6, 6.07) is 13.2. The van der Waals surface area contributed by atoms with Crippen LogP contribution in [0.3, 0.4) is 0 Å². The second-order valence-electron chi connectivity index (χ2n) is 5.70. The van der Waals surface area contributed by atoms with Gasteiger partial charge in [-0.3, -0.25) is 19.3 Å². The van der Waals surface area contributed by atoms with Crippen LogP contribution in [0.25, 0.3) is 6.08 Å². The molecule has 3 rings (SSSR count). The first-order chi connectivity index (χ1) is 13.3. The summed E-state index contributed by atoms with van der Waals surface area (Å²) >= 11 is 4.03. The van der Waals surface area contributed by atoms with Crippen molar-refractivity contribution in [2.24, 2.45) is 5.73 Å². The molecule has 0 saturated carbocycles. The first kappa shape index (κ1) is 19.8. The highest BCUT2D eigenvalue weighted by molar-refractivity contribution is 9.10. The summed E-state index contributed by atoms with van der Waals surface area (Å²) in [5.74, 6) is -1.49. The van der Waals surface area contributed by atoms with Crippen molar-refractivity contribution in [1.29, 1.82) is 0 Å². The van der Waals surface area contributed by atoms with E-state index in [9.17, 15) is 19.2 Å². The zero-order chi connectivity index (χ0) is 20.3. The van der Waals surface area contributed by atoms with Crippen LogP contribution < -0.4 is 10.5 Å². The summed E-state index contributed by atoms with van der Waals surface area (Å²) < 4.78 is 6.16. The molecular weight excluding hydrogens is 448 g/mol. The van der Waals surface area contributed by atoms with Crippen LogP contribution in [0.5, 0.6) is 5.75 Å². The number of amides is 3. The number of ether oxygens (including phenoxy) is 1. The van der Waals surface area contributed by atoms with Crippen LogP contribution >= 0.6 is 27.7 Å². The molecule has 0 aromatic heterocycles. The average Bonchev–Trinajstić information content (AvgIpc) is 2.91. The Morgan fingerprint density at radius 3 is 2.32 bits per heavy atom. The van der Waals surface area contributed by atoms with Gasteiger partial charge in [0.15, 0.2) is 0 Å². The zero-order valence-corrected chi connectivity index (χ0v) is 16.7. The largest absolute Gasteiger partial charge is 0.423 e. The quantitative estimate of drug-likeness (QED) is 0.417. The lowest BCUT2D eigenvalue weighted by Crippen LogP contribution is -2.36. The van der Waals surface area contributed by atoms with Crippen molar-refractivity contribution in [3.63, 3.8) is 0 Å². The molecule has 2 aromatic rings. The van der Waals surface area contributed by atoms with Gasteiger partial charge in [0, 0.05) is 4.47 Å². The van der Waals surface area contributed by atoms with Gasteiger partial charge < -0.3 is 10.5 Å². The number of imide groups is 1. The molecule has 0 bridgehead atoms. The smallest absolute Gasteiger partial charge is 0.343 e. The molecule has 0 spiro atoms. The fraction of sp³-hybridized carbons (Fsp3) is 0.0526. The average molecular weight is 461 g/mol. The Balaban J connectivity index is 1.69. The molecule has 1 aliphatic rings. The number of nitrogens with two attached hydrogens (primary N) is 1. The van der Waals surface area contributed by atoms with E-state index < -0.39 is 29.6 Å². The fourth-order valence-electron chi connectivity index (χ4n) is 2.33. The molecule has 7 nitrogen and oxygen atoms in total. The number of esters is 1. The number of halogens is 1. The van der Waals surface area contributed by atoms with E-state index >= 15 is 0 Å². The number of primary amides is 1. The van der Waals surface area contributed by atoms with Gasteiger partial charge in [-0.15, -0.1) is 0 Å². The lowest BCUT2D eigenvalue weighted by Gasteiger charge is -2.08. The van der Waals surface area contributed by atoms with E-state index in [0.29, 0.717) is 16.9 Å². The molecule has 2 aromatic carbocycles. The summed E-state index contributed by atoms with van der Waals surface area (Å²) in [5.41, 5.74) is 6.09. The maximum Gasteiger partial charge on any atom is 0.343 e. The molecule has 2 N–H and O–H groups in total. The van der Waals surface area contributed by atoms with Crippen LogP contribution in [0.15, 0.2) is 57.9 Å². The van der Waals surface area contributed by atoms with Crippen LogP contribution in [-0.4, -0.2) is 34.5 Å². The lowest BCUT2D eigenvalue weighted by atomic mass is 10.2. The van der Waals surface area contributed by atoms with Gasteiger partial charge in [-0.05, 0) is 59.8 Å². The molecule has 1 heterocycles. The van der Waals surface area contributed by atoms with Gasteiger partial charge in [-0.1, -0.05) is 28.1 Å². The van der Waals surface area contributed by atoms with E-state index in [0.717, 1.165) is 21.1 Å². The van der Waals surface area contributed by atoms with Gasteiger partial charge in [-0.2, -0.15) is 0 Å². The number of nitrogens with zero attached hydrogens (tertiary/aromatic N) is 1. The molecule has 1 fully saturated rings. The molecule has 1 aliphatic heterocycles. The summed E-state index contributed by atoms with van der Waals surface area (Å²) in [6.07, 6.45) is 1.52. The molecule has 1 saturated heterocycles. The molecule has 0 aliphatic carbocycles. The van der Waals surface area contributed by atoms with Crippen molar-refractivity contribution in [2.45, 2.75) is 0 Å². The fourth-order valence-corrected chi connectivity index (χ4v) is 3.43. The number of carbonyl (C=O) groups is 4. The van der Waals surface area contributed by atoms with Gasteiger partial charge in [-0.25, -0.2) is 4.79 Å². The minimum Gasteiger partial charge on any atom is -0.423 e. The monoisotopic (exact) mass is 460 g/mol. The number of hydrogen-bond acceptors (Lipinski definition) is 6. The lowest BCUT2D eigenvalue weighted by molar-refractivity contribution is -0.127. The van der Waals surface area contributed by atoms with E-state index in [1.165, 1.54) is 6.08 Å². The van der Waals surface area contributed by atoms with Crippen molar-refractivity contribution >= 4 is 56.8 Å². The van der Waals surface area contributed by atoms with E-state index in [1.807, 2.05) is 0 Å². The molecule has 142 valence electrons. The molecule has 9 heteroatoms. The van der Waals surface area contributed by atoms with Crippen molar-refractivity contribution in [1.82, 2.24) is 4.90 Å². The molecule has 0 atom stereocenters. The Hall–Kier alpha value is -2.91. The van der Waals surface area contributed by atoms with Gasteiger partial charge in [0.1, 0.15) is 12.3 Å². The Labute approximate surface area is 172 Å². The molecule has 0 unspecified atom stereocenters. The summed E-state index contributed by atoms with van der Waals surface area (Å²) in [4.78, 5) is 48.1. The van der Waals surface area contributed by atoms with Gasteiger partial charge >= 0.3 is 5.97 Å². The second kappa shape index (κ2) is 8.41. The first-order valence-corrected chi connectivity index (χ1v) is 9.56. The Morgan fingerprint density at radius 1 is 1.07 bits per heavy atom. The Kier molecular flexibility index (Phi) is 5.96. The Morgan fingerprint density at radius 2 is 1.71 bits per heavy atom. The molecule has 3 amide bonds. The third-order valence-electron chi connectivity index (χ3n) is 3.66. The third kappa shape index (κ3) is 4.68. The topological polar surface area (TPSA) is 107 Å². The van der Waals surface area contributed by atoms with E-state index in [1.54, 1.807) is 48.5 Å². The Bertz CT molecular complexity index is 986. The van der Waals surface area contributed by atoms with Crippen molar-refractivity contribution in [2.75, 3.05) is 6.54 Å². The summed E-state index contributed by atoms with van der Waals surface area (Å²) in [5, 5.41) is -0.546. The van der Waals surface area contributed by atoms with E-state index in [-0.39, 0.29) is 4.91 Å².